The highest BCUT2D eigenvalue weighted by atomic mass is 19.1. The van der Waals surface area contributed by atoms with E-state index in [0.29, 0.717) is 6.54 Å². The number of carbonyl (C=O) groups is 1. The van der Waals surface area contributed by atoms with Crippen LogP contribution < -0.4 is 4.90 Å². The average Bonchev–Trinajstić information content (AvgIpc) is 2.70. The van der Waals surface area contributed by atoms with Crippen molar-refractivity contribution in [1.29, 1.82) is 0 Å². The fourth-order valence-corrected chi connectivity index (χ4v) is 1.97. The maximum atomic E-state index is 13.4. The lowest BCUT2D eigenvalue weighted by Crippen LogP contribution is -2.25. The van der Waals surface area contributed by atoms with Crippen molar-refractivity contribution in [3.05, 3.63) is 34.1 Å². The second-order valence-electron chi connectivity index (χ2n) is 4.15. The van der Waals surface area contributed by atoms with Crippen molar-refractivity contribution in [3.63, 3.8) is 0 Å². The van der Waals surface area contributed by atoms with Crippen LogP contribution in [0.25, 0.3) is 0 Å². The van der Waals surface area contributed by atoms with Gasteiger partial charge < -0.3 is 10.0 Å². The van der Waals surface area contributed by atoms with Gasteiger partial charge in [-0.3, -0.25) is 14.9 Å². The molecule has 1 aromatic rings. The summed E-state index contributed by atoms with van der Waals surface area (Å²) in [6.07, 6.45) is 0.203. The average molecular weight is 254 g/mol. The van der Waals surface area contributed by atoms with Gasteiger partial charge in [-0.25, -0.2) is 0 Å². The van der Waals surface area contributed by atoms with E-state index in [4.69, 9.17) is 5.11 Å². The molecule has 1 saturated heterocycles. The normalized spacial score (nSPS) is 19.3. The van der Waals surface area contributed by atoms with E-state index in [9.17, 15) is 19.3 Å². The second kappa shape index (κ2) is 4.69. The number of aliphatic hydroxyl groups is 1. The number of nitrogens with zero attached hydrogens (tertiary/aromatic N) is 2. The SMILES string of the molecule is O=C1CC(CO)CN1c1ccc([N+](=O)[O-])c(F)c1. The van der Waals surface area contributed by atoms with Crippen LogP contribution in [0.3, 0.4) is 0 Å². The van der Waals surface area contributed by atoms with Gasteiger partial charge in [-0.2, -0.15) is 4.39 Å². The van der Waals surface area contributed by atoms with E-state index in [2.05, 4.69) is 0 Å². The van der Waals surface area contributed by atoms with Crippen LogP contribution in [0.5, 0.6) is 0 Å². The number of benzene rings is 1. The lowest BCUT2D eigenvalue weighted by Gasteiger charge is -2.16. The largest absolute Gasteiger partial charge is 0.396 e. The molecule has 6 nitrogen and oxygen atoms in total. The third-order valence-corrected chi connectivity index (χ3v) is 2.90. The van der Waals surface area contributed by atoms with Crippen LogP contribution >= 0.6 is 0 Å². The molecule has 1 unspecified atom stereocenters. The molecule has 1 aromatic carbocycles. The third-order valence-electron chi connectivity index (χ3n) is 2.90. The van der Waals surface area contributed by atoms with Gasteiger partial charge in [0.05, 0.1) is 4.92 Å². The van der Waals surface area contributed by atoms with E-state index in [0.717, 1.165) is 12.1 Å². The number of hydrogen-bond acceptors (Lipinski definition) is 4. The number of halogens is 1. The highest BCUT2D eigenvalue weighted by molar-refractivity contribution is 5.95. The Morgan fingerprint density at radius 2 is 2.28 bits per heavy atom. The molecule has 96 valence electrons. The second-order valence-corrected chi connectivity index (χ2v) is 4.15. The first kappa shape index (κ1) is 12.4. The van der Waals surface area contributed by atoms with Gasteiger partial charge in [0.15, 0.2) is 0 Å². The van der Waals surface area contributed by atoms with Gasteiger partial charge in [0, 0.05) is 43.3 Å². The molecule has 1 aliphatic rings. The zero-order valence-electron chi connectivity index (χ0n) is 9.38. The van der Waals surface area contributed by atoms with Gasteiger partial charge >= 0.3 is 5.69 Å². The molecule has 7 heteroatoms. The Morgan fingerprint density at radius 3 is 2.78 bits per heavy atom. The molecule has 0 bridgehead atoms. The maximum Gasteiger partial charge on any atom is 0.304 e. The molecule has 0 aromatic heterocycles. The monoisotopic (exact) mass is 254 g/mol. The number of amides is 1. The van der Waals surface area contributed by atoms with Gasteiger partial charge in [0.25, 0.3) is 0 Å². The predicted octanol–water partition coefficient (Wildman–Crippen LogP) is 1.08. The molecule has 0 spiro atoms. The van der Waals surface area contributed by atoms with E-state index in [1.165, 1.54) is 11.0 Å². The summed E-state index contributed by atoms with van der Waals surface area (Å²) in [4.78, 5) is 22.6. The van der Waals surface area contributed by atoms with Gasteiger partial charge in [-0.05, 0) is 6.07 Å². The number of hydrogen-bond donors (Lipinski definition) is 1. The van der Waals surface area contributed by atoms with Crippen molar-refractivity contribution in [2.45, 2.75) is 6.42 Å². The number of nitro benzene ring substituents is 1. The van der Waals surface area contributed by atoms with Crippen LogP contribution in [0.4, 0.5) is 15.8 Å². The summed E-state index contributed by atoms with van der Waals surface area (Å²) >= 11 is 0. The summed E-state index contributed by atoms with van der Waals surface area (Å²) in [5.41, 5.74) is -0.344. The molecule has 1 heterocycles. The Kier molecular flexibility index (Phi) is 3.24. The van der Waals surface area contributed by atoms with Crippen molar-refractivity contribution in [3.8, 4) is 0 Å². The summed E-state index contributed by atoms with van der Waals surface area (Å²) in [6.45, 7) is 0.185. The molecule has 2 rings (SSSR count). The summed E-state index contributed by atoms with van der Waals surface area (Å²) < 4.78 is 13.4. The Labute approximate surface area is 102 Å². The van der Waals surface area contributed by atoms with Crippen molar-refractivity contribution in [1.82, 2.24) is 0 Å². The quantitative estimate of drug-likeness (QED) is 0.646. The van der Waals surface area contributed by atoms with Gasteiger partial charge in [0.1, 0.15) is 0 Å². The van der Waals surface area contributed by atoms with E-state index >= 15 is 0 Å². The number of aliphatic hydroxyl groups excluding tert-OH is 1. The minimum absolute atomic E-state index is 0.113. The number of nitro groups is 1. The molecule has 1 N–H and O–H groups in total. The number of anilines is 1. The standard InChI is InChI=1S/C11H11FN2O4/c12-9-4-8(1-2-10(9)14(17)18)13-5-7(6-15)3-11(13)16/h1-2,4,7,15H,3,5-6H2. The molecule has 0 saturated carbocycles. The zero-order chi connectivity index (χ0) is 13.3. The Morgan fingerprint density at radius 1 is 1.56 bits per heavy atom. The van der Waals surface area contributed by atoms with E-state index in [-0.39, 0.29) is 30.5 Å². The van der Waals surface area contributed by atoms with Gasteiger partial charge in [-0.1, -0.05) is 0 Å². The third kappa shape index (κ3) is 2.17. The first-order chi connectivity index (χ1) is 8.52. The summed E-state index contributed by atoms with van der Waals surface area (Å²) in [6, 6.07) is 3.33. The molecule has 0 radical (unpaired) electrons. The van der Waals surface area contributed by atoms with Crippen LogP contribution in [0, 0.1) is 21.8 Å². The van der Waals surface area contributed by atoms with Gasteiger partial charge in [0.2, 0.25) is 11.7 Å². The molecule has 1 aliphatic heterocycles. The minimum Gasteiger partial charge on any atom is -0.396 e. The van der Waals surface area contributed by atoms with Crippen molar-refractivity contribution in [2.24, 2.45) is 5.92 Å². The van der Waals surface area contributed by atoms with Crippen LogP contribution in [-0.4, -0.2) is 29.1 Å². The molecule has 18 heavy (non-hydrogen) atoms. The van der Waals surface area contributed by atoms with Crippen LogP contribution in [-0.2, 0) is 4.79 Å². The van der Waals surface area contributed by atoms with Crippen LogP contribution in [0.1, 0.15) is 6.42 Å². The lowest BCUT2D eigenvalue weighted by molar-refractivity contribution is -0.387. The topological polar surface area (TPSA) is 83.7 Å². The molecular formula is C11H11FN2O4. The lowest BCUT2D eigenvalue weighted by atomic mass is 10.1. The van der Waals surface area contributed by atoms with Crippen molar-refractivity contribution >= 4 is 17.3 Å². The molecule has 1 amide bonds. The Bertz CT molecular complexity index is 506. The van der Waals surface area contributed by atoms with E-state index in [1.807, 2.05) is 0 Å². The number of carbonyl (C=O) groups excluding carboxylic acids is 1. The smallest absolute Gasteiger partial charge is 0.304 e. The van der Waals surface area contributed by atoms with E-state index in [1.54, 1.807) is 0 Å². The fraction of sp³-hybridized carbons (Fsp3) is 0.364. The molecular weight excluding hydrogens is 243 g/mol. The zero-order valence-corrected chi connectivity index (χ0v) is 9.38. The van der Waals surface area contributed by atoms with E-state index < -0.39 is 16.4 Å². The predicted molar refractivity (Wildman–Crippen MR) is 60.6 cm³/mol. The summed E-state index contributed by atoms with van der Waals surface area (Å²) in [7, 11) is 0. The maximum absolute atomic E-state index is 13.4. The Hall–Kier alpha value is -2.02. The Balaban J connectivity index is 2.27. The van der Waals surface area contributed by atoms with Crippen molar-refractivity contribution < 1.29 is 19.2 Å². The summed E-state index contributed by atoms with van der Waals surface area (Å²) in [5.74, 6) is -1.36. The first-order valence-corrected chi connectivity index (χ1v) is 5.38. The molecule has 1 atom stereocenters. The van der Waals surface area contributed by atoms with Crippen molar-refractivity contribution in [2.75, 3.05) is 18.1 Å². The highest BCUT2D eigenvalue weighted by Gasteiger charge is 2.30. The summed E-state index contributed by atoms with van der Waals surface area (Å²) in [5, 5.41) is 19.4. The molecule has 1 fully saturated rings. The van der Waals surface area contributed by atoms with Gasteiger partial charge in [-0.15, -0.1) is 0 Å². The van der Waals surface area contributed by atoms with Crippen LogP contribution in [0.2, 0.25) is 0 Å². The minimum atomic E-state index is -0.974. The molecule has 0 aliphatic carbocycles. The number of rotatable bonds is 3. The van der Waals surface area contributed by atoms with Crippen LogP contribution in [0.15, 0.2) is 18.2 Å². The highest BCUT2D eigenvalue weighted by Crippen LogP contribution is 2.28. The fourth-order valence-electron chi connectivity index (χ4n) is 1.97. The first-order valence-electron chi connectivity index (χ1n) is 5.38.